The van der Waals surface area contributed by atoms with Crippen molar-refractivity contribution in [2.24, 2.45) is 0 Å². The maximum Gasteiger partial charge on any atom is 0.341 e. The van der Waals surface area contributed by atoms with Crippen LogP contribution in [-0.2, 0) is 13.0 Å². The molecule has 0 atom stereocenters. The van der Waals surface area contributed by atoms with E-state index >= 15 is 0 Å². The van der Waals surface area contributed by atoms with Gasteiger partial charge in [-0.15, -0.1) is 5.10 Å². The molecule has 0 spiro atoms. The number of hydrogen-bond acceptors (Lipinski definition) is 4. The number of aromatic carboxylic acids is 1. The van der Waals surface area contributed by atoms with Crippen LogP contribution in [0.1, 0.15) is 40.8 Å². The first-order chi connectivity index (χ1) is 14.2. The Morgan fingerprint density at radius 2 is 1.87 bits per heavy atom. The number of rotatable bonds is 6. The van der Waals surface area contributed by atoms with Crippen LogP contribution in [-0.4, -0.2) is 25.8 Å². The summed E-state index contributed by atoms with van der Waals surface area (Å²) in [4.78, 5) is 24.5. The summed E-state index contributed by atoms with van der Waals surface area (Å²) in [7, 11) is 0. The van der Waals surface area contributed by atoms with Gasteiger partial charge in [0.1, 0.15) is 11.3 Å². The molecule has 1 N–H and O–H groups in total. The first-order valence-electron chi connectivity index (χ1n) is 8.79. The van der Waals surface area contributed by atoms with Crippen LogP contribution >= 0.6 is 23.2 Å². The predicted molar refractivity (Wildman–Crippen MR) is 109 cm³/mol. The fourth-order valence-corrected chi connectivity index (χ4v) is 3.42. The number of nitrogens with zero attached hydrogens (tertiary/aromatic N) is 3. The molecule has 0 aliphatic rings. The van der Waals surface area contributed by atoms with Crippen molar-refractivity contribution in [1.82, 2.24) is 14.8 Å². The summed E-state index contributed by atoms with van der Waals surface area (Å²) in [6.45, 7) is 2.11. The highest BCUT2D eigenvalue weighted by Crippen LogP contribution is 2.31. The lowest BCUT2D eigenvalue weighted by Crippen LogP contribution is -2.23. The fraction of sp³-hybridized carbons (Fsp3) is 0.200. The van der Waals surface area contributed by atoms with Gasteiger partial charge in [-0.05, 0) is 31.2 Å². The Morgan fingerprint density at radius 3 is 2.40 bits per heavy atom. The Balaban J connectivity index is 2.19. The Bertz CT molecular complexity index is 1170. The van der Waals surface area contributed by atoms with Crippen LogP contribution < -0.4 is 5.43 Å². The number of halogens is 4. The Morgan fingerprint density at radius 1 is 1.13 bits per heavy atom. The number of benzene rings is 1. The van der Waals surface area contributed by atoms with E-state index < -0.39 is 29.1 Å². The predicted octanol–water partition coefficient (Wildman–Crippen LogP) is 4.86. The lowest BCUT2D eigenvalue weighted by Gasteiger charge is -2.20. The molecule has 6 nitrogen and oxygen atoms in total. The van der Waals surface area contributed by atoms with E-state index in [2.05, 4.69) is 10.2 Å². The van der Waals surface area contributed by atoms with Gasteiger partial charge in [0.05, 0.1) is 21.4 Å². The minimum atomic E-state index is -2.74. The summed E-state index contributed by atoms with van der Waals surface area (Å²) in [5.41, 5.74) is -0.176. The van der Waals surface area contributed by atoms with Crippen molar-refractivity contribution in [1.29, 1.82) is 0 Å². The molecular weight excluding hydrogens is 439 g/mol. The second-order valence-electron chi connectivity index (χ2n) is 6.33. The van der Waals surface area contributed by atoms with Crippen LogP contribution in [0.5, 0.6) is 0 Å². The van der Waals surface area contributed by atoms with Crippen molar-refractivity contribution in [2.45, 2.75) is 26.3 Å². The van der Waals surface area contributed by atoms with Crippen molar-refractivity contribution in [3.63, 3.8) is 0 Å². The van der Waals surface area contributed by atoms with Gasteiger partial charge in [-0.1, -0.05) is 29.3 Å². The van der Waals surface area contributed by atoms with Gasteiger partial charge in [-0.3, -0.25) is 4.79 Å². The van der Waals surface area contributed by atoms with Crippen molar-refractivity contribution in [3.8, 4) is 11.3 Å². The number of alkyl halides is 2. The molecule has 3 rings (SSSR count). The third-order valence-electron chi connectivity index (χ3n) is 4.45. The second kappa shape index (κ2) is 8.89. The summed E-state index contributed by atoms with van der Waals surface area (Å²) < 4.78 is 27.0. The highest BCUT2D eigenvalue weighted by atomic mass is 35.5. The van der Waals surface area contributed by atoms with E-state index in [9.17, 15) is 23.5 Å². The SMILES string of the molecule is CCn1c(Cc2ccc(C(F)F)nn2)cc(=O)c(C(=O)O)c1-c1ccc(Cl)c(Cl)c1. The monoisotopic (exact) mass is 453 g/mol. The molecule has 0 saturated carbocycles. The van der Waals surface area contributed by atoms with Gasteiger partial charge in [0.25, 0.3) is 6.43 Å². The Labute approximate surface area is 179 Å². The average molecular weight is 454 g/mol. The third kappa shape index (κ3) is 4.34. The molecule has 0 saturated heterocycles. The van der Waals surface area contributed by atoms with Crippen LogP contribution in [0.3, 0.4) is 0 Å². The van der Waals surface area contributed by atoms with Crippen molar-refractivity contribution >= 4 is 29.2 Å². The molecule has 0 bridgehead atoms. The van der Waals surface area contributed by atoms with Gasteiger partial charge in [-0.2, -0.15) is 5.10 Å². The topological polar surface area (TPSA) is 85.1 Å². The van der Waals surface area contributed by atoms with Gasteiger partial charge in [0, 0.05) is 30.3 Å². The first kappa shape index (κ1) is 21.9. The molecule has 30 heavy (non-hydrogen) atoms. The lowest BCUT2D eigenvalue weighted by atomic mass is 10.0. The summed E-state index contributed by atoms with van der Waals surface area (Å²) in [6.07, 6.45) is -2.65. The van der Waals surface area contributed by atoms with E-state index in [1.165, 1.54) is 24.3 Å². The Kier molecular flexibility index (Phi) is 6.48. The number of carboxylic acid groups (broad SMARTS) is 1. The molecule has 0 aliphatic heterocycles. The van der Waals surface area contributed by atoms with Crippen molar-refractivity contribution in [2.75, 3.05) is 0 Å². The number of carbonyl (C=O) groups is 1. The molecular formula is C20H15Cl2F2N3O3. The first-order valence-corrected chi connectivity index (χ1v) is 9.54. The maximum atomic E-state index is 12.7. The summed E-state index contributed by atoms with van der Waals surface area (Å²) in [5.74, 6) is -1.38. The van der Waals surface area contributed by atoms with E-state index in [-0.39, 0.29) is 22.2 Å². The average Bonchev–Trinajstić information content (AvgIpc) is 2.69. The number of hydrogen-bond donors (Lipinski definition) is 1. The van der Waals surface area contributed by atoms with E-state index in [1.807, 2.05) is 0 Å². The van der Waals surface area contributed by atoms with E-state index in [4.69, 9.17) is 23.2 Å². The van der Waals surface area contributed by atoms with E-state index in [0.29, 0.717) is 23.5 Å². The van der Waals surface area contributed by atoms with E-state index in [1.54, 1.807) is 17.6 Å². The van der Waals surface area contributed by atoms with Crippen LogP contribution in [0.25, 0.3) is 11.3 Å². The molecule has 2 heterocycles. The molecule has 2 aromatic heterocycles. The van der Waals surface area contributed by atoms with Crippen molar-refractivity contribution in [3.05, 3.63) is 79.3 Å². The highest BCUT2D eigenvalue weighted by Gasteiger charge is 2.22. The highest BCUT2D eigenvalue weighted by molar-refractivity contribution is 6.42. The zero-order valence-electron chi connectivity index (χ0n) is 15.6. The second-order valence-corrected chi connectivity index (χ2v) is 7.14. The number of carboxylic acids is 1. The summed E-state index contributed by atoms with van der Waals surface area (Å²) in [5, 5.41) is 17.4. The molecule has 0 radical (unpaired) electrons. The minimum absolute atomic E-state index is 0.0911. The molecule has 0 aliphatic carbocycles. The van der Waals surface area contributed by atoms with Gasteiger partial charge in [0.15, 0.2) is 5.43 Å². The van der Waals surface area contributed by atoms with Gasteiger partial charge < -0.3 is 9.67 Å². The van der Waals surface area contributed by atoms with Crippen LogP contribution in [0.4, 0.5) is 8.78 Å². The molecule has 10 heteroatoms. The minimum Gasteiger partial charge on any atom is -0.477 e. The van der Waals surface area contributed by atoms with Gasteiger partial charge in [0.2, 0.25) is 0 Å². The van der Waals surface area contributed by atoms with Gasteiger partial charge in [-0.25, -0.2) is 13.6 Å². The zero-order chi connectivity index (χ0) is 22.0. The fourth-order valence-electron chi connectivity index (χ4n) is 3.12. The normalized spacial score (nSPS) is 11.1. The Hall–Kier alpha value is -2.84. The zero-order valence-corrected chi connectivity index (χ0v) is 17.1. The molecule has 3 aromatic rings. The van der Waals surface area contributed by atoms with Crippen LogP contribution in [0, 0.1) is 0 Å². The number of pyridine rings is 1. The lowest BCUT2D eigenvalue weighted by molar-refractivity contribution is 0.0695. The van der Waals surface area contributed by atoms with Gasteiger partial charge >= 0.3 is 5.97 Å². The summed E-state index contributed by atoms with van der Waals surface area (Å²) >= 11 is 12.1. The molecule has 0 fully saturated rings. The molecule has 0 amide bonds. The standard InChI is InChI=1S/C20H15Cl2F2N3O3/c1-2-27-12(8-11-4-6-15(19(23)24)26-25-11)9-16(28)17(20(29)30)18(27)10-3-5-13(21)14(22)7-10/h3-7,9,19H,2,8H2,1H3,(H,29,30). The van der Waals surface area contributed by atoms with E-state index in [0.717, 1.165) is 6.07 Å². The van der Waals surface area contributed by atoms with Crippen LogP contribution in [0.15, 0.2) is 41.2 Å². The smallest absolute Gasteiger partial charge is 0.341 e. The summed E-state index contributed by atoms with van der Waals surface area (Å²) in [6, 6.07) is 8.32. The maximum absolute atomic E-state index is 12.7. The molecule has 156 valence electrons. The molecule has 0 unspecified atom stereocenters. The molecule has 1 aromatic carbocycles. The third-order valence-corrected chi connectivity index (χ3v) is 5.19. The van der Waals surface area contributed by atoms with Crippen molar-refractivity contribution < 1.29 is 18.7 Å². The largest absolute Gasteiger partial charge is 0.477 e. The quantitative estimate of drug-likeness (QED) is 0.575. The number of aromatic nitrogens is 3. The van der Waals surface area contributed by atoms with Crippen LogP contribution in [0.2, 0.25) is 10.0 Å².